The minimum Gasteiger partial charge on any atom is -0.437 e. The van der Waals surface area contributed by atoms with Crippen LogP contribution in [0.4, 0.5) is 15.3 Å². The fourth-order valence-electron chi connectivity index (χ4n) is 1.98. The van der Waals surface area contributed by atoms with Gasteiger partial charge in [0.25, 0.3) is 0 Å². The third kappa shape index (κ3) is 7.23. The number of benzene rings is 1. The predicted octanol–water partition coefficient (Wildman–Crippen LogP) is 2.79. The summed E-state index contributed by atoms with van der Waals surface area (Å²) >= 11 is 0. The molecule has 0 aliphatic carbocycles. The van der Waals surface area contributed by atoms with E-state index in [1.807, 2.05) is 19.9 Å². The summed E-state index contributed by atoms with van der Waals surface area (Å²) in [4.78, 5) is 24.5. The number of hydrogen-bond donors (Lipinski definition) is 2. The highest BCUT2D eigenvalue weighted by Crippen LogP contribution is 2.11. The Morgan fingerprint density at radius 3 is 2.57 bits per heavy atom. The van der Waals surface area contributed by atoms with E-state index in [0.29, 0.717) is 11.3 Å². The molecule has 0 unspecified atom stereocenters. The van der Waals surface area contributed by atoms with Crippen LogP contribution in [0.3, 0.4) is 0 Å². The van der Waals surface area contributed by atoms with Crippen molar-refractivity contribution in [2.24, 2.45) is 5.73 Å². The van der Waals surface area contributed by atoms with Gasteiger partial charge in [-0.25, -0.2) is 9.59 Å². The quantitative estimate of drug-likeness (QED) is 0.791. The normalized spacial score (nSPS) is 9.48. The summed E-state index contributed by atoms with van der Waals surface area (Å²) < 4.78 is 4.53. The van der Waals surface area contributed by atoms with Crippen LogP contribution < -0.4 is 11.1 Å². The molecule has 0 aliphatic heterocycles. The summed E-state index contributed by atoms with van der Waals surface area (Å²) in [5.41, 5.74) is 6.24. The zero-order valence-corrected chi connectivity index (χ0v) is 13.6. The maximum absolute atomic E-state index is 12.2. The molecule has 1 aromatic rings. The second-order valence-electron chi connectivity index (χ2n) is 4.91. The van der Waals surface area contributed by atoms with Gasteiger partial charge in [0.2, 0.25) is 0 Å². The van der Waals surface area contributed by atoms with Gasteiger partial charge in [0.1, 0.15) is 0 Å². The van der Waals surface area contributed by atoms with E-state index in [1.54, 1.807) is 23.1 Å². The van der Waals surface area contributed by atoms with Crippen LogP contribution >= 0.6 is 0 Å². The number of nitrogens with two attached hydrogens (primary N) is 1. The van der Waals surface area contributed by atoms with Gasteiger partial charge >= 0.3 is 12.1 Å². The van der Waals surface area contributed by atoms with E-state index in [4.69, 9.17) is 5.73 Å². The Labute approximate surface area is 137 Å². The number of ether oxygens (including phenoxy) is 1. The van der Waals surface area contributed by atoms with Gasteiger partial charge in [-0.2, -0.15) is 0 Å². The highest BCUT2D eigenvalue weighted by molar-refractivity contribution is 5.89. The second kappa shape index (κ2) is 10.1. The second-order valence-corrected chi connectivity index (χ2v) is 4.91. The Hall–Kier alpha value is -2.68. The lowest BCUT2D eigenvalue weighted by molar-refractivity contribution is 0.171. The van der Waals surface area contributed by atoms with Crippen molar-refractivity contribution in [3.05, 3.63) is 29.8 Å². The Morgan fingerprint density at radius 1 is 1.26 bits per heavy atom. The minimum atomic E-state index is -0.854. The first kappa shape index (κ1) is 18.4. The molecule has 0 saturated heterocycles. The van der Waals surface area contributed by atoms with E-state index in [0.717, 1.165) is 25.9 Å². The van der Waals surface area contributed by atoms with Crippen LogP contribution in [0.2, 0.25) is 0 Å². The minimum absolute atomic E-state index is 0.0628. The number of carbonyl (C=O) groups excluding carboxylic acids is 2. The zero-order chi connectivity index (χ0) is 17.1. The molecule has 3 N–H and O–H groups in total. The molecule has 6 nitrogen and oxygen atoms in total. The van der Waals surface area contributed by atoms with E-state index in [-0.39, 0.29) is 12.6 Å². The Balaban J connectivity index is 2.68. The summed E-state index contributed by atoms with van der Waals surface area (Å²) in [7, 11) is 0. The van der Waals surface area contributed by atoms with Gasteiger partial charge in [0, 0.05) is 24.3 Å². The SMILES string of the molecule is CCCN(CCC)C(=O)Nc1cccc(C#CCOC(N)=O)c1. The highest BCUT2D eigenvalue weighted by Gasteiger charge is 2.11. The molecule has 1 aromatic carbocycles. The predicted molar refractivity (Wildman–Crippen MR) is 90.0 cm³/mol. The van der Waals surface area contributed by atoms with Crippen LogP contribution in [-0.2, 0) is 4.74 Å². The van der Waals surface area contributed by atoms with Gasteiger partial charge in [-0.3, -0.25) is 0 Å². The third-order valence-electron chi connectivity index (χ3n) is 2.91. The van der Waals surface area contributed by atoms with Gasteiger partial charge in [0.15, 0.2) is 6.61 Å². The molecule has 1 rings (SSSR count). The summed E-state index contributed by atoms with van der Waals surface area (Å²) in [6.07, 6.45) is 0.977. The van der Waals surface area contributed by atoms with Crippen LogP contribution in [0.15, 0.2) is 24.3 Å². The van der Waals surface area contributed by atoms with Crippen LogP contribution in [0, 0.1) is 11.8 Å². The molecule has 0 atom stereocenters. The Kier molecular flexibility index (Phi) is 8.08. The molecule has 0 fully saturated rings. The lowest BCUT2D eigenvalue weighted by atomic mass is 10.2. The molecule has 0 heterocycles. The van der Waals surface area contributed by atoms with Crippen molar-refractivity contribution >= 4 is 17.8 Å². The molecule has 0 radical (unpaired) electrons. The summed E-state index contributed by atoms with van der Waals surface area (Å²) in [5.74, 6) is 5.53. The Bertz CT molecular complexity index is 584. The van der Waals surface area contributed by atoms with Crippen LogP contribution in [-0.4, -0.2) is 36.7 Å². The van der Waals surface area contributed by atoms with Gasteiger partial charge in [-0.15, -0.1) is 0 Å². The number of hydrogen-bond acceptors (Lipinski definition) is 3. The molecule has 0 saturated carbocycles. The first-order chi connectivity index (χ1) is 11.1. The standard InChI is InChI=1S/C17H23N3O3/c1-3-10-20(11-4-2)17(22)19-15-9-5-7-14(13-15)8-6-12-23-16(18)21/h5,7,9,13H,3-4,10-12H2,1-2H3,(H2,18,21)(H,19,22). The zero-order valence-electron chi connectivity index (χ0n) is 13.6. The van der Waals surface area contributed by atoms with E-state index < -0.39 is 6.09 Å². The van der Waals surface area contributed by atoms with Gasteiger partial charge in [-0.1, -0.05) is 31.8 Å². The topological polar surface area (TPSA) is 84.7 Å². The molecular formula is C17H23N3O3. The van der Waals surface area contributed by atoms with Crippen molar-refractivity contribution < 1.29 is 14.3 Å². The Morgan fingerprint density at radius 2 is 1.96 bits per heavy atom. The number of nitrogens with zero attached hydrogens (tertiary/aromatic N) is 1. The molecule has 124 valence electrons. The molecule has 3 amide bonds. The number of nitrogens with one attached hydrogen (secondary N) is 1. The van der Waals surface area contributed by atoms with Crippen molar-refractivity contribution in [2.75, 3.05) is 25.0 Å². The molecular weight excluding hydrogens is 294 g/mol. The van der Waals surface area contributed by atoms with Gasteiger partial charge in [-0.05, 0) is 31.0 Å². The monoisotopic (exact) mass is 317 g/mol. The number of urea groups is 1. The molecule has 0 spiro atoms. The van der Waals surface area contributed by atoms with Crippen LogP contribution in [0.5, 0.6) is 0 Å². The lowest BCUT2D eigenvalue weighted by Crippen LogP contribution is -2.36. The van der Waals surface area contributed by atoms with Crippen LogP contribution in [0.25, 0.3) is 0 Å². The molecule has 0 aromatic heterocycles. The molecule has 0 aliphatic rings. The van der Waals surface area contributed by atoms with Gasteiger partial charge in [0.05, 0.1) is 0 Å². The number of rotatable bonds is 6. The smallest absolute Gasteiger partial charge is 0.405 e. The van der Waals surface area contributed by atoms with Crippen molar-refractivity contribution in [2.45, 2.75) is 26.7 Å². The lowest BCUT2D eigenvalue weighted by Gasteiger charge is -2.21. The average Bonchev–Trinajstić information content (AvgIpc) is 2.51. The van der Waals surface area contributed by atoms with E-state index in [1.165, 1.54) is 0 Å². The first-order valence-corrected chi connectivity index (χ1v) is 7.63. The first-order valence-electron chi connectivity index (χ1n) is 7.63. The third-order valence-corrected chi connectivity index (χ3v) is 2.91. The van der Waals surface area contributed by atoms with Gasteiger partial charge < -0.3 is 20.7 Å². The fraction of sp³-hybridized carbons (Fsp3) is 0.412. The highest BCUT2D eigenvalue weighted by atomic mass is 16.5. The van der Waals surface area contributed by atoms with Crippen molar-refractivity contribution in [1.29, 1.82) is 0 Å². The van der Waals surface area contributed by atoms with Crippen LogP contribution in [0.1, 0.15) is 32.3 Å². The van der Waals surface area contributed by atoms with Crippen molar-refractivity contribution in [3.63, 3.8) is 0 Å². The summed E-state index contributed by atoms with van der Waals surface area (Å²) in [5, 5.41) is 2.87. The maximum atomic E-state index is 12.2. The molecule has 23 heavy (non-hydrogen) atoms. The number of primary amides is 1. The largest absolute Gasteiger partial charge is 0.437 e. The van der Waals surface area contributed by atoms with E-state index >= 15 is 0 Å². The molecule has 6 heteroatoms. The molecule has 0 bridgehead atoms. The van der Waals surface area contributed by atoms with Crippen molar-refractivity contribution in [3.8, 4) is 11.8 Å². The average molecular weight is 317 g/mol. The fourth-order valence-corrected chi connectivity index (χ4v) is 1.98. The van der Waals surface area contributed by atoms with E-state index in [2.05, 4.69) is 21.9 Å². The summed E-state index contributed by atoms with van der Waals surface area (Å²) in [6.45, 7) is 5.47. The summed E-state index contributed by atoms with van der Waals surface area (Å²) in [6, 6.07) is 7.07. The maximum Gasteiger partial charge on any atom is 0.405 e. The van der Waals surface area contributed by atoms with E-state index in [9.17, 15) is 9.59 Å². The number of amides is 3. The number of anilines is 1. The number of carbonyl (C=O) groups is 2. The van der Waals surface area contributed by atoms with Crippen molar-refractivity contribution in [1.82, 2.24) is 4.90 Å².